The van der Waals surface area contributed by atoms with E-state index in [-0.39, 0.29) is 24.7 Å². The summed E-state index contributed by atoms with van der Waals surface area (Å²) < 4.78 is 42.9. The highest BCUT2D eigenvalue weighted by atomic mass is 32.2. The second-order valence-corrected chi connectivity index (χ2v) is 7.80. The van der Waals surface area contributed by atoms with Crippen molar-refractivity contribution in [2.75, 3.05) is 26.8 Å². The van der Waals surface area contributed by atoms with E-state index < -0.39 is 16.2 Å². The maximum absolute atomic E-state index is 11.9. The zero-order valence-electron chi connectivity index (χ0n) is 16.0. The van der Waals surface area contributed by atoms with Gasteiger partial charge in [0.25, 0.3) is 10.1 Å². The summed E-state index contributed by atoms with van der Waals surface area (Å²) in [7, 11) is -2.65. The second kappa shape index (κ2) is 10.2. The molecule has 0 fully saturated rings. The molecular formula is C20H25NO6S. The summed E-state index contributed by atoms with van der Waals surface area (Å²) in [5, 5.41) is 0. The number of carbonyl (C=O) groups excluding carboxylic acids is 1. The van der Waals surface area contributed by atoms with Crippen LogP contribution in [0, 0.1) is 6.92 Å². The molecule has 0 aliphatic carbocycles. The predicted octanol–water partition coefficient (Wildman–Crippen LogP) is 3.07. The zero-order chi connectivity index (χ0) is 20.6. The smallest absolute Gasteiger partial charge is 0.409 e. The van der Waals surface area contributed by atoms with Crippen LogP contribution in [0.5, 0.6) is 0 Å². The van der Waals surface area contributed by atoms with Gasteiger partial charge in [0.2, 0.25) is 0 Å². The van der Waals surface area contributed by atoms with Gasteiger partial charge in [-0.25, -0.2) is 4.79 Å². The molecule has 152 valence electrons. The summed E-state index contributed by atoms with van der Waals surface area (Å²) >= 11 is 0. The van der Waals surface area contributed by atoms with E-state index in [1.54, 1.807) is 19.2 Å². The first-order chi connectivity index (χ1) is 13.3. The molecule has 1 amide bonds. The minimum Gasteiger partial charge on any atom is -0.445 e. The molecule has 0 aromatic heterocycles. The van der Waals surface area contributed by atoms with Crippen LogP contribution in [0.15, 0.2) is 53.4 Å². The van der Waals surface area contributed by atoms with E-state index in [0.29, 0.717) is 18.5 Å². The van der Waals surface area contributed by atoms with Gasteiger partial charge < -0.3 is 14.4 Å². The molecule has 0 unspecified atom stereocenters. The summed E-state index contributed by atoms with van der Waals surface area (Å²) in [6.45, 7) is 2.93. The Morgan fingerprint density at radius 1 is 1.11 bits per heavy atom. The molecule has 0 bridgehead atoms. The summed E-state index contributed by atoms with van der Waals surface area (Å²) in [5.41, 5.74) is 2.30. The molecule has 0 aliphatic rings. The normalized spacial score (nSPS) is 11.2. The number of carbonyl (C=O) groups is 1. The van der Waals surface area contributed by atoms with Gasteiger partial charge in [-0.1, -0.05) is 48.0 Å². The Labute approximate surface area is 165 Å². The summed E-state index contributed by atoms with van der Waals surface area (Å²) in [4.78, 5) is 13.3. The first-order valence-electron chi connectivity index (χ1n) is 8.84. The number of likely N-dealkylation sites (N-methyl/N-ethyl adjacent to an activating group) is 1. The molecule has 2 aromatic rings. The van der Waals surface area contributed by atoms with E-state index >= 15 is 0 Å². The SMILES string of the molecule is Cc1ccc(S(=O)(=O)O)c(CCOCCN(C)C(=O)OCc2ccccc2)c1. The minimum absolute atomic E-state index is 0.108. The van der Waals surface area contributed by atoms with E-state index in [4.69, 9.17) is 9.47 Å². The van der Waals surface area contributed by atoms with Crippen molar-refractivity contribution >= 4 is 16.2 Å². The number of ether oxygens (including phenoxy) is 2. The number of hydrogen-bond donors (Lipinski definition) is 1. The van der Waals surface area contributed by atoms with Gasteiger partial charge in [-0.15, -0.1) is 0 Å². The van der Waals surface area contributed by atoms with Gasteiger partial charge in [0.05, 0.1) is 18.1 Å². The third-order valence-electron chi connectivity index (χ3n) is 4.10. The summed E-state index contributed by atoms with van der Waals surface area (Å²) in [6, 6.07) is 14.1. The van der Waals surface area contributed by atoms with Crippen molar-refractivity contribution in [3.8, 4) is 0 Å². The minimum atomic E-state index is -4.27. The van der Waals surface area contributed by atoms with Gasteiger partial charge in [0.15, 0.2) is 0 Å². The highest BCUT2D eigenvalue weighted by Crippen LogP contribution is 2.18. The lowest BCUT2D eigenvalue weighted by atomic mass is 10.1. The molecule has 0 spiro atoms. The van der Waals surface area contributed by atoms with Crippen LogP contribution in [-0.4, -0.2) is 50.8 Å². The van der Waals surface area contributed by atoms with Crippen LogP contribution in [0.2, 0.25) is 0 Å². The molecule has 8 heteroatoms. The molecule has 7 nitrogen and oxygen atoms in total. The number of aryl methyl sites for hydroxylation is 1. The van der Waals surface area contributed by atoms with E-state index in [9.17, 15) is 17.8 Å². The monoisotopic (exact) mass is 407 g/mol. The number of amides is 1. The molecule has 0 aliphatic heterocycles. The maximum atomic E-state index is 11.9. The van der Waals surface area contributed by atoms with E-state index in [1.165, 1.54) is 11.0 Å². The van der Waals surface area contributed by atoms with Crippen LogP contribution < -0.4 is 0 Å². The van der Waals surface area contributed by atoms with Gasteiger partial charge in [-0.2, -0.15) is 8.42 Å². The maximum Gasteiger partial charge on any atom is 0.409 e. The highest BCUT2D eigenvalue weighted by Gasteiger charge is 2.15. The Kier molecular flexibility index (Phi) is 7.98. The molecule has 0 radical (unpaired) electrons. The van der Waals surface area contributed by atoms with E-state index in [0.717, 1.165) is 11.1 Å². The molecular weight excluding hydrogens is 382 g/mol. The summed E-state index contributed by atoms with van der Waals surface area (Å²) in [6.07, 6.45) is -0.112. The number of nitrogens with zero attached hydrogens (tertiary/aromatic N) is 1. The summed E-state index contributed by atoms with van der Waals surface area (Å²) in [5.74, 6) is 0. The molecule has 28 heavy (non-hydrogen) atoms. The standard InChI is InChI=1S/C20H25NO6S/c1-16-8-9-19(28(23,24)25)18(14-16)10-12-26-13-11-21(2)20(22)27-15-17-6-4-3-5-7-17/h3-9,14H,10-13,15H2,1-2H3,(H,23,24,25). The first-order valence-corrected chi connectivity index (χ1v) is 10.3. The Morgan fingerprint density at radius 3 is 2.50 bits per heavy atom. The molecule has 1 N–H and O–H groups in total. The lowest BCUT2D eigenvalue weighted by molar-refractivity contribution is 0.0806. The van der Waals surface area contributed by atoms with Crippen molar-refractivity contribution in [2.24, 2.45) is 0 Å². The fraction of sp³-hybridized carbons (Fsp3) is 0.350. The quantitative estimate of drug-likeness (QED) is 0.507. The van der Waals surface area contributed by atoms with Crippen LogP contribution >= 0.6 is 0 Å². The lowest BCUT2D eigenvalue weighted by Crippen LogP contribution is -2.30. The van der Waals surface area contributed by atoms with Gasteiger partial charge >= 0.3 is 6.09 Å². The second-order valence-electron chi connectivity index (χ2n) is 6.41. The van der Waals surface area contributed by atoms with Gasteiger partial charge in [0, 0.05) is 13.6 Å². The molecule has 0 atom stereocenters. The van der Waals surface area contributed by atoms with Gasteiger partial charge in [-0.05, 0) is 30.5 Å². The van der Waals surface area contributed by atoms with Crippen LogP contribution in [0.1, 0.15) is 16.7 Å². The lowest BCUT2D eigenvalue weighted by Gasteiger charge is -2.17. The Morgan fingerprint density at radius 2 is 1.82 bits per heavy atom. The molecule has 2 rings (SSSR count). The van der Waals surface area contributed by atoms with E-state index in [2.05, 4.69) is 0 Å². The number of benzene rings is 2. The topological polar surface area (TPSA) is 93.1 Å². The Hall–Kier alpha value is -2.42. The number of hydrogen-bond acceptors (Lipinski definition) is 5. The average Bonchev–Trinajstić information content (AvgIpc) is 2.65. The predicted molar refractivity (Wildman–Crippen MR) is 105 cm³/mol. The van der Waals surface area contributed by atoms with Crippen molar-refractivity contribution in [2.45, 2.75) is 24.8 Å². The van der Waals surface area contributed by atoms with Crippen molar-refractivity contribution in [3.63, 3.8) is 0 Å². The third kappa shape index (κ3) is 6.95. The largest absolute Gasteiger partial charge is 0.445 e. The Bertz CT molecular complexity index is 883. The zero-order valence-corrected chi connectivity index (χ0v) is 16.8. The van der Waals surface area contributed by atoms with Crippen molar-refractivity contribution in [3.05, 3.63) is 65.2 Å². The molecule has 0 heterocycles. The third-order valence-corrected chi connectivity index (χ3v) is 5.05. The van der Waals surface area contributed by atoms with Crippen LogP contribution in [0.3, 0.4) is 0 Å². The van der Waals surface area contributed by atoms with Gasteiger partial charge in [-0.3, -0.25) is 4.55 Å². The first kappa shape index (κ1) is 21.9. The van der Waals surface area contributed by atoms with Crippen LogP contribution in [-0.2, 0) is 32.6 Å². The molecule has 2 aromatic carbocycles. The Balaban J connectivity index is 1.73. The van der Waals surface area contributed by atoms with Crippen molar-refractivity contribution in [1.29, 1.82) is 0 Å². The van der Waals surface area contributed by atoms with Gasteiger partial charge in [0.1, 0.15) is 6.61 Å². The van der Waals surface area contributed by atoms with Crippen LogP contribution in [0.25, 0.3) is 0 Å². The fourth-order valence-corrected chi connectivity index (χ4v) is 3.29. The van der Waals surface area contributed by atoms with Crippen LogP contribution in [0.4, 0.5) is 4.79 Å². The van der Waals surface area contributed by atoms with Crippen molar-refractivity contribution < 1.29 is 27.2 Å². The molecule has 0 saturated heterocycles. The number of rotatable bonds is 9. The average molecular weight is 407 g/mol. The highest BCUT2D eigenvalue weighted by molar-refractivity contribution is 7.85. The van der Waals surface area contributed by atoms with Crippen molar-refractivity contribution in [1.82, 2.24) is 4.90 Å². The molecule has 0 saturated carbocycles. The van der Waals surface area contributed by atoms with E-state index in [1.807, 2.05) is 37.3 Å². The fourth-order valence-electron chi connectivity index (χ4n) is 2.56.